The Bertz CT molecular complexity index is 301. The van der Waals surface area contributed by atoms with Gasteiger partial charge in [0.25, 0.3) is 0 Å². The maximum absolute atomic E-state index is 10.6. The number of hydrogen-bond donors (Lipinski definition) is 0. The lowest BCUT2D eigenvalue weighted by atomic mass is 10.1. The van der Waals surface area contributed by atoms with E-state index in [1.54, 1.807) is 18.2 Å². The van der Waals surface area contributed by atoms with Crippen molar-refractivity contribution in [2.24, 2.45) is 4.99 Å². The summed E-state index contributed by atoms with van der Waals surface area (Å²) in [4.78, 5) is 14.2. The Hall–Kier alpha value is -1.09. The molecule has 2 aliphatic rings. The van der Waals surface area contributed by atoms with Crippen LogP contribution in [0.25, 0.3) is 0 Å². The number of carbonyl (C=O) groups is 1. The van der Waals surface area contributed by atoms with Crippen LogP contribution in [0.15, 0.2) is 28.3 Å². The van der Waals surface area contributed by atoms with Crippen molar-refractivity contribution in [3.05, 3.63) is 23.3 Å². The first-order valence-electron chi connectivity index (χ1n) is 3.10. The van der Waals surface area contributed by atoms with Crippen LogP contribution >= 0.6 is 11.6 Å². The summed E-state index contributed by atoms with van der Waals surface area (Å²) in [6.45, 7) is 0. The first kappa shape index (κ1) is 6.61. The number of fused-ring (bicyclic) bond motifs is 1. The van der Waals surface area contributed by atoms with Gasteiger partial charge in [0.1, 0.15) is 0 Å². The minimum Gasteiger partial charge on any atom is -0.434 e. The predicted molar refractivity (Wildman–Crippen MR) is 40.8 cm³/mol. The number of hydrogen-bond acceptors (Lipinski definition) is 2. The Kier molecular flexibility index (Phi) is 1.32. The van der Waals surface area contributed by atoms with Crippen molar-refractivity contribution in [3.63, 3.8) is 0 Å². The Morgan fingerprint density at radius 1 is 1.64 bits per heavy atom. The number of amides is 1. The molecular weight excluding hydrogens is 166 g/mol. The van der Waals surface area contributed by atoms with Gasteiger partial charge in [-0.2, -0.15) is 4.99 Å². The third-order valence-corrected chi connectivity index (χ3v) is 1.69. The highest BCUT2D eigenvalue weighted by Gasteiger charge is 2.26. The Labute approximate surface area is 68.0 Å². The van der Waals surface area contributed by atoms with Crippen LogP contribution in [-0.2, 0) is 4.74 Å². The first-order chi connectivity index (χ1) is 5.25. The summed E-state index contributed by atoms with van der Waals surface area (Å²) < 4.78 is 4.78. The van der Waals surface area contributed by atoms with Crippen molar-refractivity contribution < 1.29 is 9.53 Å². The molecule has 0 saturated heterocycles. The van der Waals surface area contributed by atoms with Gasteiger partial charge in [0.2, 0.25) is 0 Å². The molecule has 1 unspecified atom stereocenters. The molecule has 1 atom stereocenters. The van der Waals surface area contributed by atoms with E-state index in [0.29, 0.717) is 10.7 Å². The average Bonchev–Trinajstić information content (AvgIpc) is 2.27. The fourth-order valence-electron chi connectivity index (χ4n) is 0.985. The fraction of sp³-hybridized carbons (Fsp3) is 0.143. The molecule has 2 rings (SSSR count). The van der Waals surface area contributed by atoms with E-state index in [-0.39, 0.29) is 6.10 Å². The molecule has 0 fully saturated rings. The van der Waals surface area contributed by atoms with Gasteiger partial charge in [-0.15, -0.1) is 0 Å². The monoisotopic (exact) mass is 169 g/mol. The SMILES string of the molecule is O=C1N=C2C=C(Cl)C=CC2O1. The van der Waals surface area contributed by atoms with Gasteiger partial charge in [0.05, 0.1) is 5.71 Å². The van der Waals surface area contributed by atoms with Gasteiger partial charge in [-0.1, -0.05) is 11.6 Å². The quantitative estimate of drug-likeness (QED) is 0.553. The van der Waals surface area contributed by atoms with Gasteiger partial charge < -0.3 is 4.74 Å². The normalized spacial score (nSPS) is 27.4. The highest BCUT2D eigenvalue weighted by molar-refractivity contribution is 6.34. The summed E-state index contributed by atoms with van der Waals surface area (Å²) in [5, 5.41) is 0.568. The maximum Gasteiger partial charge on any atom is 0.434 e. The maximum atomic E-state index is 10.6. The summed E-state index contributed by atoms with van der Waals surface area (Å²) in [6, 6.07) is 0. The third-order valence-electron chi connectivity index (χ3n) is 1.46. The molecule has 0 spiro atoms. The van der Waals surface area contributed by atoms with Crippen LogP contribution < -0.4 is 0 Å². The standard InChI is InChI=1S/C7H4ClNO2/c8-4-1-2-6-5(3-4)9-7(10)11-6/h1-3,6H. The molecule has 11 heavy (non-hydrogen) atoms. The van der Waals surface area contributed by atoms with E-state index in [9.17, 15) is 4.79 Å². The van der Waals surface area contributed by atoms with Crippen LogP contribution in [0.4, 0.5) is 4.79 Å². The summed E-state index contributed by atoms with van der Waals surface area (Å²) in [7, 11) is 0. The number of ether oxygens (including phenoxy) is 1. The van der Waals surface area contributed by atoms with E-state index < -0.39 is 6.09 Å². The van der Waals surface area contributed by atoms with Crippen LogP contribution in [-0.4, -0.2) is 17.9 Å². The lowest BCUT2D eigenvalue weighted by Crippen LogP contribution is -2.16. The summed E-state index contributed by atoms with van der Waals surface area (Å²) in [5.74, 6) is 0. The van der Waals surface area contributed by atoms with Crippen LogP contribution in [0.1, 0.15) is 0 Å². The molecule has 0 radical (unpaired) electrons. The third kappa shape index (κ3) is 1.07. The summed E-state index contributed by atoms with van der Waals surface area (Å²) in [6.07, 6.45) is 4.15. The molecule has 1 aliphatic carbocycles. The number of allylic oxidation sites excluding steroid dienone is 2. The van der Waals surface area contributed by atoms with Gasteiger partial charge in [-0.3, -0.25) is 0 Å². The molecule has 0 saturated carbocycles. The minimum atomic E-state index is -0.544. The van der Waals surface area contributed by atoms with Gasteiger partial charge >= 0.3 is 6.09 Å². The molecule has 3 nitrogen and oxygen atoms in total. The van der Waals surface area contributed by atoms with Crippen molar-refractivity contribution in [2.75, 3.05) is 0 Å². The summed E-state index contributed by atoms with van der Waals surface area (Å²) >= 11 is 5.66. The average molecular weight is 170 g/mol. The molecule has 1 amide bonds. The van der Waals surface area contributed by atoms with Crippen molar-refractivity contribution in [1.82, 2.24) is 0 Å². The zero-order valence-electron chi connectivity index (χ0n) is 5.45. The number of carbonyl (C=O) groups excluding carboxylic acids is 1. The molecule has 0 aromatic heterocycles. The first-order valence-corrected chi connectivity index (χ1v) is 3.48. The van der Waals surface area contributed by atoms with Crippen LogP contribution in [0.2, 0.25) is 0 Å². The fourth-order valence-corrected chi connectivity index (χ4v) is 1.17. The second kappa shape index (κ2) is 2.20. The molecule has 0 N–H and O–H groups in total. The van der Waals surface area contributed by atoms with Crippen LogP contribution in [0.5, 0.6) is 0 Å². The lowest BCUT2D eigenvalue weighted by Gasteiger charge is -2.07. The van der Waals surface area contributed by atoms with Crippen LogP contribution in [0, 0.1) is 0 Å². The van der Waals surface area contributed by atoms with Gasteiger partial charge in [0, 0.05) is 5.03 Å². The van der Waals surface area contributed by atoms with E-state index >= 15 is 0 Å². The van der Waals surface area contributed by atoms with Crippen molar-refractivity contribution in [1.29, 1.82) is 0 Å². The largest absolute Gasteiger partial charge is 0.434 e. The Morgan fingerprint density at radius 2 is 2.45 bits per heavy atom. The Morgan fingerprint density at radius 3 is 3.27 bits per heavy atom. The summed E-state index contributed by atoms with van der Waals surface area (Å²) in [5.41, 5.74) is 0.586. The van der Waals surface area contributed by atoms with Crippen molar-refractivity contribution in [2.45, 2.75) is 6.10 Å². The smallest absolute Gasteiger partial charge is 0.434 e. The number of rotatable bonds is 0. The molecule has 0 aromatic rings. The minimum absolute atomic E-state index is 0.315. The molecule has 1 aliphatic heterocycles. The van der Waals surface area contributed by atoms with Gasteiger partial charge in [-0.25, -0.2) is 4.79 Å². The van der Waals surface area contributed by atoms with Crippen molar-refractivity contribution >= 4 is 23.4 Å². The number of aliphatic imine (C=N–C) groups is 1. The second-order valence-electron chi connectivity index (χ2n) is 2.23. The number of halogens is 1. The molecular formula is C7H4ClNO2. The molecule has 4 heteroatoms. The zero-order valence-corrected chi connectivity index (χ0v) is 6.21. The zero-order chi connectivity index (χ0) is 7.84. The molecule has 0 bridgehead atoms. The Balaban J connectivity index is 2.38. The molecule has 56 valence electrons. The van der Waals surface area contributed by atoms with E-state index in [1.165, 1.54) is 0 Å². The highest BCUT2D eigenvalue weighted by atomic mass is 35.5. The van der Waals surface area contributed by atoms with E-state index in [0.717, 1.165) is 0 Å². The highest BCUT2D eigenvalue weighted by Crippen LogP contribution is 2.19. The molecule has 1 heterocycles. The van der Waals surface area contributed by atoms with Gasteiger partial charge in [0.15, 0.2) is 6.10 Å². The topological polar surface area (TPSA) is 38.7 Å². The van der Waals surface area contributed by atoms with E-state index in [4.69, 9.17) is 16.3 Å². The van der Waals surface area contributed by atoms with Gasteiger partial charge in [-0.05, 0) is 18.2 Å². The lowest BCUT2D eigenvalue weighted by molar-refractivity contribution is 0.163. The van der Waals surface area contributed by atoms with Crippen LogP contribution in [0.3, 0.4) is 0 Å². The number of nitrogens with zero attached hydrogens (tertiary/aromatic N) is 1. The second-order valence-corrected chi connectivity index (χ2v) is 2.67. The molecule has 0 aromatic carbocycles. The predicted octanol–water partition coefficient (Wildman–Crippen LogP) is 1.64. The van der Waals surface area contributed by atoms with E-state index in [1.807, 2.05) is 0 Å². The van der Waals surface area contributed by atoms with Crippen molar-refractivity contribution in [3.8, 4) is 0 Å². The van der Waals surface area contributed by atoms with E-state index in [2.05, 4.69) is 4.99 Å².